The molecule has 1 unspecified atom stereocenters. The summed E-state index contributed by atoms with van der Waals surface area (Å²) in [7, 11) is 0. The van der Waals surface area contributed by atoms with Gasteiger partial charge in [-0.3, -0.25) is 0 Å². The molecule has 2 N–H and O–H groups in total. The van der Waals surface area contributed by atoms with Crippen LogP contribution in [0.3, 0.4) is 0 Å². The number of piperazine rings is 1. The van der Waals surface area contributed by atoms with E-state index in [0.717, 1.165) is 49.2 Å². The molecule has 1 aliphatic heterocycles. The summed E-state index contributed by atoms with van der Waals surface area (Å²) in [5.74, 6) is 1.21. The van der Waals surface area contributed by atoms with Crippen molar-refractivity contribution in [2.75, 3.05) is 29.9 Å². The van der Waals surface area contributed by atoms with Crippen LogP contribution < -0.4 is 15.5 Å². The lowest BCUT2D eigenvalue weighted by Gasteiger charge is -2.33. The summed E-state index contributed by atoms with van der Waals surface area (Å²) < 4.78 is 2.09. The van der Waals surface area contributed by atoms with Crippen molar-refractivity contribution < 1.29 is 0 Å². The number of nitrogens with zero attached hydrogens (tertiary/aromatic N) is 6. The van der Waals surface area contributed by atoms with Gasteiger partial charge in [-0.2, -0.15) is 10.2 Å². The first-order chi connectivity index (χ1) is 14.7. The van der Waals surface area contributed by atoms with E-state index in [1.165, 1.54) is 12.8 Å². The van der Waals surface area contributed by atoms with Crippen LogP contribution in [0.15, 0.2) is 30.6 Å². The van der Waals surface area contributed by atoms with Crippen LogP contribution in [0.4, 0.5) is 17.5 Å². The van der Waals surface area contributed by atoms with Crippen molar-refractivity contribution >= 4 is 28.5 Å². The summed E-state index contributed by atoms with van der Waals surface area (Å²) in [5, 5.41) is 17.2. The summed E-state index contributed by atoms with van der Waals surface area (Å²) in [6.07, 6.45) is 8.28. The predicted octanol–water partition coefficient (Wildman–Crippen LogP) is 3.35. The molecule has 30 heavy (non-hydrogen) atoms. The van der Waals surface area contributed by atoms with E-state index in [4.69, 9.17) is 4.98 Å². The SMILES string of the molecule is CC1CN(c2ccc(Nc3ncc4cc(C#N)n(C5CCCC5)c4n3)nc2)CCN1. The van der Waals surface area contributed by atoms with Gasteiger partial charge in [0.2, 0.25) is 5.95 Å². The molecular formula is C22H26N8. The molecule has 1 atom stereocenters. The van der Waals surface area contributed by atoms with E-state index < -0.39 is 0 Å². The molecule has 0 radical (unpaired) electrons. The van der Waals surface area contributed by atoms with E-state index in [-0.39, 0.29) is 0 Å². The van der Waals surface area contributed by atoms with Crippen molar-refractivity contribution in [3.8, 4) is 6.07 Å². The fourth-order valence-electron chi connectivity index (χ4n) is 4.61. The van der Waals surface area contributed by atoms with Crippen LogP contribution in [0.5, 0.6) is 0 Å². The predicted molar refractivity (Wildman–Crippen MR) is 117 cm³/mol. The summed E-state index contributed by atoms with van der Waals surface area (Å²) in [4.78, 5) is 16.1. The molecule has 2 fully saturated rings. The smallest absolute Gasteiger partial charge is 0.230 e. The Morgan fingerprint density at radius 1 is 1.20 bits per heavy atom. The third-order valence-corrected chi connectivity index (χ3v) is 6.10. The Bertz CT molecular complexity index is 1070. The molecule has 0 amide bonds. The Morgan fingerprint density at radius 3 is 2.80 bits per heavy atom. The Balaban J connectivity index is 1.39. The van der Waals surface area contributed by atoms with E-state index in [1.807, 2.05) is 18.3 Å². The normalized spacial score (nSPS) is 19.9. The van der Waals surface area contributed by atoms with Crippen molar-refractivity contribution in [3.05, 3.63) is 36.3 Å². The molecule has 8 heteroatoms. The van der Waals surface area contributed by atoms with Gasteiger partial charge in [0.05, 0.1) is 11.9 Å². The van der Waals surface area contributed by atoms with Gasteiger partial charge in [-0.15, -0.1) is 0 Å². The lowest BCUT2D eigenvalue weighted by molar-refractivity contribution is 0.484. The zero-order valence-corrected chi connectivity index (χ0v) is 17.2. The number of hydrogen-bond acceptors (Lipinski definition) is 7. The highest BCUT2D eigenvalue weighted by Gasteiger charge is 2.23. The molecule has 1 aliphatic carbocycles. The van der Waals surface area contributed by atoms with Crippen molar-refractivity contribution in [3.63, 3.8) is 0 Å². The van der Waals surface area contributed by atoms with Gasteiger partial charge in [0, 0.05) is 43.3 Å². The second kappa shape index (κ2) is 7.92. The molecule has 4 heterocycles. The average molecular weight is 403 g/mol. The molecule has 3 aromatic heterocycles. The molecule has 8 nitrogen and oxygen atoms in total. The van der Waals surface area contributed by atoms with Gasteiger partial charge in [-0.05, 0) is 38.0 Å². The maximum atomic E-state index is 9.58. The monoisotopic (exact) mass is 402 g/mol. The van der Waals surface area contributed by atoms with Crippen LogP contribution in [0.2, 0.25) is 0 Å². The van der Waals surface area contributed by atoms with Crippen LogP contribution in [0.25, 0.3) is 11.0 Å². The Labute approximate surface area is 176 Å². The molecule has 0 bridgehead atoms. The summed E-state index contributed by atoms with van der Waals surface area (Å²) >= 11 is 0. The fourth-order valence-corrected chi connectivity index (χ4v) is 4.61. The first kappa shape index (κ1) is 18.8. The van der Waals surface area contributed by atoms with E-state index in [2.05, 4.69) is 49.1 Å². The topological polar surface area (TPSA) is 94.7 Å². The lowest BCUT2D eigenvalue weighted by Crippen LogP contribution is -2.49. The Kier molecular flexibility index (Phi) is 4.97. The standard InChI is InChI=1S/C22H26N8/c1-15-14-29(9-8-24-15)18-6-7-20(25-13-18)27-22-26-12-16-10-19(11-23)30(21(16)28-22)17-4-2-3-5-17/h6-7,10,12-13,15,17,24H,2-5,8-9,14H2,1H3,(H,25,26,27,28). The molecule has 1 saturated heterocycles. The number of anilines is 3. The maximum Gasteiger partial charge on any atom is 0.230 e. The average Bonchev–Trinajstić information content (AvgIpc) is 3.41. The van der Waals surface area contributed by atoms with E-state index in [1.54, 1.807) is 6.20 Å². The van der Waals surface area contributed by atoms with E-state index >= 15 is 0 Å². The van der Waals surface area contributed by atoms with E-state index in [9.17, 15) is 5.26 Å². The molecule has 5 rings (SSSR count). The first-order valence-corrected chi connectivity index (χ1v) is 10.7. The maximum absolute atomic E-state index is 9.58. The number of hydrogen-bond donors (Lipinski definition) is 2. The summed E-state index contributed by atoms with van der Waals surface area (Å²) in [6.45, 7) is 5.15. The lowest BCUT2D eigenvalue weighted by atomic mass is 10.2. The van der Waals surface area contributed by atoms with Crippen molar-refractivity contribution in [2.45, 2.75) is 44.7 Å². The van der Waals surface area contributed by atoms with Crippen LogP contribution in [-0.4, -0.2) is 45.2 Å². The van der Waals surface area contributed by atoms with Crippen LogP contribution in [0, 0.1) is 11.3 Å². The van der Waals surface area contributed by atoms with Crippen LogP contribution in [0.1, 0.15) is 44.3 Å². The van der Waals surface area contributed by atoms with Crippen LogP contribution in [-0.2, 0) is 0 Å². The number of aromatic nitrogens is 4. The summed E-state index contributed by atoms with van der Waals surface area (Å²) in [5.41, 5.74) is 2.61. The Morgan fingerprint density at radius 2 is 2.07 bits per heavy atom. The number of rotatable bonds is 4. The van der Waals surface area contributed by atoms with Gasteiger partial charge < -0.3 is 20.1 Å². The van der Waals surface area contributed by atoms with Gasteiger partial charge >= 0.3 is 0 Å². The van der Waals surface area contributed by atoms with Crippen molar-refractivity contribution in [2.24, 2.45) is 0 Å². The zero-order chi connectivity index (χ0) is 20.5. The highest BCUT2D eigenvalue weighted by atomic mass is 15.2. The minimum Gasteiger partial charge on any atom is -0.367 e. The summed E-state index contributed by atoms with van der Waals surface area (Å²) in [6, 6.07) is 9.09. The second-order valence-corrected chi connectivity index (χ2v) is 8.25. The number of fused-ring (bicyclic) bond motifs is 1. The van der Waals surface area contributed by atoms with Crippen LogP contribution >= 0.6 is 0 Å². The van der Waals surface area contributed by atoms with Gasteiger partial charge in [-0.25, -0.2) is 9.97 Å². The second-order valence-electron chi connectivity index (χ2n) is 8.25. The number of nitrogens with one attached hydrogen (secondary N) is 2. The van der Waals surface area contributed by atoms with Gasteiger partial charge in [0.1, 0.15) is 23.2 Å². The molecule has 154 valence electrons. The minimum absolute atomic E-state index is 0.346. The highest BCUT2D eigenvalue weighted by molar-refractivity contribution is 5.79. The van der Waals surface area contributed by atoms with Crippen molar-refractivity contribution in [1.29, 1.82) is 5.26 Å². The number of pyridine rings is 1. The third-order valence-electron chi connectivity index (χ3n) is 6.10. The van der Waals surface area contributed by atoms with Crippen molar-refractivity contribution in [1.82, 2.24) is 24.8 Å². The molecule has 0 aromatic carbocycles. The van der Waals surface area contributed by atoms with Gasteiger partial charge in [0.25, 0.3) is 0 Å². The van der Waals surface area contributed by atoms with E-state index in [0.29, 0.717) is 29.5 Å². The first-order valence-electron chi connectivity index (χ1n) is 10.7. The highest BCUT2D eigenvalue weighted by Crippen LogP contribution is 2.34. The fraction of sp³-hybridized carbons (Fsp3) is 0.455. The minimum atomic E-state index is 0.346. The van der Waals surface area contributed by atoms with Gasteiger partial charge in [-0.1, -0.05) is 12.8 Å². The Hall–Kier alpha value is -3.18. The third kappa shape index (κ3) is 3.57. The molecule has 3 aromatic rings. The molecule has 0 spiro atoms. The molecular weight excluding hydrogens is 376 g/mol. The molecule has 1 saturated carbocycles. The largest absolute Gasteiger partial charge is 0.367 e. The quantitative estimate of drug-likeness (QED) is 0.691. The zero-order valence-electron chi connectivity index (χ0n) is 17.2. The molecule has 2 aliphatic rings. The number of nitriles is 1. The van der Waals surface area contributed by atoms with Gasteiger partial charge in [0.15, 0.2) is 0 Å².